The molecule has 3 fully saturated rings. The number of nitrogens with zero attached hydrogens (tertiary/aromatic N) is 3. The molecule has 5 aliphatic rings. The van der Waals surface area contributed by atoms with Crippen LogP contribution in [0.15, 0.2) is 24.3 Å². The summed E-state index contributed by atoms with van der Waals surface area (Å²) in [6.45, 7) is 7.14. The lowest BCUT2D eigenvalue weighted by atomic mass is 9.74. The molecule has 0 bridgehead atoms. The van der Waals surface area contributed by atoms with Crippen LogP contribution in [0.25, 0.3) is 0 Å². The zero-order chi connectivity index (χ0) is 26.0. The van der Waals surface area contributed by atoms with E-state index in [9.17, 15) is 19.5 Å². The minimum Gasteiger partial charge on any atom is -0.465 e. The van der Waals surface area contributed by atoms with Gasteiger partial charge in [0.05, 0.1) is 31.3 Å². The molecule has 1 N–H and O–H groups in total. The van der Waals surface area contributed by atoms with Crippen LogP contribution in [-0.4, -0.2) is 121 Å². The quantitative estimate of drug-likeness (QED) is 0.293. The molecule has 0 aliphatic carbocycles. The standard InChI is InChI=1S/C27H39N3O7/c1-26-8-3-2-6-17-36-25(34)21(26)20-23(32)30(11-4-5-16-31)22-24(33)29(10-7-9-27(20,22)37-26)13-12-28-14-18-35-19-15-28/h3,7-9,20-22,31H,2,4-6,10-19H2,1H3/b8-3-/t20-,21-,22?,26+,27-/m0/s1. The normalized spacial score (nSPS) is 37.2. The number of cyclic esters (lactones) is 1. The number of hydrogen-bond acceptors (Lipinski definition) is 8. The molecule has 5 aliphatic heterocycles. The number of carbonyl (C=O) groups is 3. The Hall–Kier alpha value is -2.27. The Balaban J connectivity index is 1.49. The number of hydrogen-bond donors (Lipinski definition) is 1. The van der Waals surface area contributed by atoms with E-state index in [1.165, 1.54) is 0 Å². The lowest BCUT2D eigenvalue weighted by Crippen LogP contribution is -2.56. The molecule has 5 rings (SSSR count). The summed E-state index contributed by atoms with van der Waals surface area (Å²) < 4.78 is 17.8. The number of aliphatic hydroxyl groups is 1. The molecule has 10 heteroatoms. The number of fused-ring (bicyclic) bond motifs is 2. The highest BCUT2D eigenvalue weighted by Crippen LogP contribution is 2.57. The van der Waals surface area contributed by atoms with Gasteiger partial charge in [0.25, 0.3) is 0 Å². The number of amides is 2. The predicted molar refractivity (Wildman–Crippen MR) is 133 cm³/mol. The van der Waals surface area contributed by atoms with Gasteiger partial charge in [-0.3, -0.25) is 19.3 Å². The third-order valence-corrected chi connectivity index (χ3v) is 8.43. The summed E-state index contributed by atoms with van der Waals surface area (Å²) in [7, 11) is 0. The van der Waals surface area contributed by atoms with Crippen LogP contribution in [0, 0.1) is 11.8 Å². The first-order chi connectivity index (χ1) is 17.9. The molecule has 204 valence electrons. The van der Waals surface area contributed by atoms with Gasteiger partial charge in [-0.2, -0.15) is 0 Å². The summed E-state index contributed by atoms with van der Waals surface area (Å²) in [5, 5.41) is 9.34. The summed E-state index contributed by atoms with van der Waals surface area (Å²) in [6, 6.07) is -0.874. The Labute approximate surface area is 218 Å². The third-order valence-electron chi connectivity index (χ3n) is 8.43. The van der Waals surface area contributed by atoms with Crippen molar-refractivity contribution in [2.45, 2.75) is 49.9 Å². The van der Waals surface area contributed by atoms with Crippen molar-refractivity contribution in [3.8, 4) is 0 Å². The molecular formula is C27H39N3O7. The smallest absolute Gasteiger partial charge is 0.313 e. The Kier molecular flexibility index (Phi) is 7.72. The molecule has 37 heavy (non-hydrogen) atoms. The van der Waals surface area contributed by atoms with Crippen molar-refractivity contribution in [3.63, 3.8) is 0 Å². The summed E-state index contributed by atoms with van der Waals surface area (Å²) in [5.41, 5.74) is -2.33. The molecule has 2 amide bonds. The molecule has 3 saturated heterocycles. The van der Waals surface area contributed by atoms with E-state index < -0.39 is 35.0 Å². The maximum absolute atomic E-state index is 14.2. The largest absolute Gasteiger partial charge is 0.465 e. The number of allylic oxidation sites excluding steroid dienone is 1. The first kappa shape index (κ1) is 26.3. The molecule has 0 aromatic carbocycles. The zero-order valence-corrected chi connectivity index (χ0v) is 21.7. The van der Waals surface area contributed by atoms with Crippen molar-refractivity contribution in [3.05, 3.63) is 24.3 Å². The van der Waals surface area contributed by atoms with Gasteiger partial charge in [-0.15, -0.1) is 0 Å². The van der Waals surface area contributed by atoms with Gasteiger partial charge in [-0.25, -0.2) is 0 Å². The number of unbranched alkanes of at least 4 members (excludes halogenated alkanes) is 1. The highest BCUT2D eigenvalue weighted by molar-refractivity contribution is 5.99. The van der Waals surface area contributed by atoms with Gasteiger partial charge in [0.15, 0.2) is 0 Å². The van der Waals surface area contributed by atoms with E-state index in [1.807, 2.05) is 31.2 Å². The summed E-state index contributed by atoms with van der Waals surface area (Å²) in [5.74, 6) is -2.57. The van der Waals surface area contributed by atoms with Crippen molar-refractivity contribution in [1.82, 2.24) is 14.7 Å². The Morgan fingerprint density at radius 1 is 0.973 bits per heavy atom. The Bertz CT molecular complexity index is 948. The van der Waals surface area contributed by atoms with Gasteiger partial charge >= 0.3 is 5.97 Å². The van der Waals surface area contributed by atoms with Crippen molar-refractivity contribution >= 4 is 17.8 Å². The minimum atomic E-state index is -1.26. The lowest BCUT2D eigenvalue weighted by Gasteiger charge is -2.38. The molecule has 5 heterocycles. The number of ether oxygens (including phenoxy) is 3. The molecule has 1 spiro atoms. The summed E-state index contributed by atoms with van der Waals surface area (Å²) >= 11 is 0. The average Bonchev–Trinajstić information content (AvgIpc) is 3.23. The molecule has 10 nitrogen and oxygen atoms in total. The molecule has 0 saturated carbocycles. The third kappa shape index (κ3) is 4.73. The number of likely N-dealkylation sites (tertiary alicyclic amines) is 1. The fourth-order valence-corrected chi connectivity index (χ4v) is 6.60. The number of carbonyl (C=O) groups excluding carboxylic acids is 3. The predicted octanol–water partition coefficient (Wildman–Crippen LogP) is 0.354. The number of rotatable bonds is 7. The second-order valence-electron chi connectivity index (χ2n) is 10.8. The van der Waals surface area contributed by atoms with Crippen LogP contribution in [0.1, 0.15) is 32.6 Å². The van der Waals surface area contributed by atoms with Crippen molar-refractivity contribution in [2.75, 3.05) is 65.7 Å². The van der Waals surface area contributed by atoms with Crippen LogP contribution in [-0.2, 0) is 28.6 Å². The molecule has 0 radical (unpaired) electrons. The molecule has 5 atom stereocenters. The van der Waals surface area contributed by atoms with Gasteiger partial charge < -0.3 is 29.1 Å². The van der Waals surface area contributed by atoms with E-state index >= 15 is 0 Å². The van der Waals surface area contributed by atoms with Crippen LogP contribution in [0.5, 0.6) is 0 Å². The number of aliphatic hydroxyl groups excluding tert-OH is 1. The van der Waals surface area contributed by atoms with Crippen LogP contribution in [0.4, 0.5) is 0 Å². The van der Waals surface area contributed by atoms with Crippen LogP contribution in [0.2, 0.25) is 0 Å². The first-order valence-corrected chi connectivity index (χ1v) is 13.6. The van der Waals surface area contributed by atoms with Gasteiger partial charge in [-0.1, -0.05) is 24.3 Å². The number of esters is 1. The fraction of sp³-hybridized carbons (Fsp3) is 0.741. The Morgan fingerprint density at radius 2 is 1.78 bits per heavy atom. The van der Waals surface area contributed by atoms with Crippen LogP contribution in [0.3, 0.4) is 0 Å². The second kappa shape index (κ2) is 10.8. The summed E-state index contributed by atoms with van der Waals surface area (Å²) in [6.07, 6.45) is 10.2. The van der Waals surface area contributed by atoms with Crippen molar-refractivity contribution < 1.29 is 33.7 Å². The van der Waals surface area contributed by atoms with Crippen LogP contribution < -0.4 is 0 Å². The zero-order valence-electron chi connectivity index (χ0n) is 21.7. The molecule has 1 unspecified atom stereocenters. The number of morpholine rings is 1. The van der Waals surface area contributed by atoms with Crippen molar-refractivity contribution in [1.29, 1.82) is 0 Å². The highest BCUT2D eigenvalue weighted by atomic mass is 16.6. The van der Waals surface area contributed by atoms with Gasteiger partial charge in [0, 0.05) is 45.9 Å². The maximum atomic E-state index is 14.2. The average molecular weight is 518 g/mol. The second-order valence-corrected chi connectivity index (χ2v) is 10.8. The first-order valence-electron chi connectivity index (χ1n) is 13.6. The monoisotopic (exact) mass is 517 g/mol. The summed E-state index contributed by atoms with van der Waals surface area (Å²) in [4.78, 5) is 47.3. The van der Waals surface area contributed by atoms with Crippen molar-refractivity contribution in [2.24, 2.45) is 11.8 Å². The van der Waals surface area contributed by atoms with E-state index in [0.29, 0.717) is 52.1 Å². The molecular weight excluding hydrogens is 478 g/mol. The minimum absolute atomic E-state index is 0.00904. The Morgan fingerprint density at radius 3 is 2.57 bits per heavy atom. The van der Waals surface area contributed by atoms with E-state index in [2.05, 4.69) is 4.90 Å². The molecule has 0 aromatic rings. The van der Waals surface area contributed by atoms with E-state index in [0.717, 1.165) is 26.1 Å². The van der Waals surface area contributed by atoms with Gasteiger partial charge in [0.1, 0.15) is 17.6 Å². The SMILES string of the molecule is C[C@@]12/C=C\CCCOC(=O)[C@@H]1[C@H]1C(=O)N(CCCCO)C3C(=O)N(CCN4CCOCC4)CC=C[C@@]31O2. The van der Waals surface area contributed by atoms with E-state index in [4.69, 9.17) is 14.2 Å². The molecule has 0 aromatic heterocycles. The van der Waals surface area contributed by atoms with Crippen LogP contribution >= 0.6 is 0 Å². The lowest BCUT2D eigenvalue weighted by molar-refractivity contribution is -0.159. The maximum Gasteiger partial charge on any atom is 0.313 e. The highest BCUT2D eigenvalue weighted by Gasteiger charge is 2.74. The van der Waals surface area contributed by atoms with Gasteiger partial charge in [0.2, 0.25) is 11.8 Å². The fourth-order valence-electron chi connectivity index (χ4n) is 6.60. The van der Waals surface area contributed by atoms with E-state index in [1.54, 1.807) is 9.80 Å². The van der Waals surface area contributed by atoms with Gasteiger partial charge in [-0.05, 0) is 32.6 Å². The topological polar surface area (TPSA) is 109 Å². The van der Waals surface area contributed by atoms with E-state index in [-0.39, 0.29) is 25.0 Å².